The van der Waals surface area contributed by atoms with E-state index in [1.165, 1.54) is 10.6 Å². The van der Waals surface area contributed by atoms with E-state index in [4.69, 9.17) is 5.11 Å². The van der Waals surface area contributed by atoms with Crippen molar-refractivity contribution in [1.82, 2.24) is 4.57 Å². The molecule has 0 spiro atoms. The molecule has 92 valence electrons. The zero-order valence-corrected chi connectivity index (χ0v) is 10.2. The normalized spacial score (nSPS) is 10.3. The van der Waals surface area contributed by atoms with Crippen molar-refractivity contribution in [2.24, 2.45) is 7.05 Å². The molecule has 18 heavy (non-hydrogen) atoms. The van der Waals surface area contributed by atoms with Crippen molar-refractivity contribution in [2.45, 2.75) is 6.92 Å². The first-order valence-corrected chi connectivity index (χ1v) is 5.50. The highest BCUT2D eigenvalue weighted by Crippen LogP contribution is 2.19. The third-order valence-corrected chi connectivity index (χ3v) is 2.86. The lowest BCUT2D eigenvalue weighted by atomic mass is 10.1. The highest BCUT2D eigenvalue weighted by molar-refractivity contribution is 5.88. The Morgan fingerprint density at radius 2 is 1.78 bits per heavy atom. The Labute approximate surface area is 104 Å². The number of carbonyl (C=O) groups is 1. The Morgan fingerprint density at radius 1 is 1.17 bits per heavy atom. The molecule has 0 saturated heterocycles. The van der Waals surface area contributed by atoms with Crippen LogP contribution >= 0.6 is 0 Å². The molecule has 0 saturated carbocycles. The summed E-state index contributed by atoms with van der Waals surface area (Å²) in [5.41, 5.74) is 2.21. The highest BCUT2D eigenvalue weighted by atomic mass is 16.4. The summed E-state index contributed by atoms with van der Waals surface area (Å²) < 4.78 is 1.44. The minimum absolute atomic E-state index is 0.00803. The topological polar surface area (TPSA) is 59.3 Å². The molecule has 2 rings (SSSR count). The van der Waals surface area contributed by atoms with Crippen LogP contribution in [0, 0.1) is 6.92 Å². The minimum atomic E-state index is -1.10. The van der Waals surface area contributed by atoms with Crippen LogP contribution in [0.25, 0.3) is 11.3 Å². The monoisotopic (exact) mass is 243 g/mol. The van der Waals surface area contributed by atoms with E-state index in [0.29, 0.717) is 5.69 Å². The molecule has 4 nitrogen and oxygen atoms in total. The minimum Gasteiger partial charge on any atom is -0.478 e. The highest BCUT2D eigenvalue weighted by Gasteiger charge is 2.10. The Bertz CT molecular complexity index is 654. The van der Waals surface area contributed by atoms with E-state index in [1.54, 1.807) is 7.05 Å². The van der Waals surface area contributed by atoms with Crippen molar-refractivity contribution in [1.29, 1.82) is 0 Å². The van der Waals surface area contributed by atoms with Crippen LogP contribution in [0.2, 0.25) is 0 Å². The molecule has 1 N–H and O–H groups in total. The fourth-order valence-corrected chi connectivity index (χ4v) is 1.76. The molecule has 4 heteroatoms. The third-order valence-electron chi connectivity index (χ3n) is 2.86. The molecule has 2 aromatic rings. The van der Waals surface area contributed by atoms with Crippen LogP contribution < -0.4 is 5.56 Å². The van der Waals surface area contributed by atoms with Gasteiger partial charge in [0.2, 0.25) is 0 Å². The molecule has 0 bridgehead atoms. The molecule has 0 fully saturated rings. The van der Waals surface area contributed by atoms with E-state index in [0.717, 1.165) is 17.2 Å². The summed E-state index contributed by atoms with van der Waals surface area (Å²) in [6.07, 6.45) is 0. The number of pyridine rings is 1. The molecular formula is C14H13NO3. The van der Waals surface area contributed by atoms with Gasteiger partial charge in [-0.15, -0.1) is 0 Å². The van der Waals surface area contributed by atoms with Crippen LogP contribution in [0.4, 0.5) is 0 Å². The zero-order valence-electron chi connectivity index (χ0n) is 10.2. The van der Waals surface area contributed by atoms with E-state index in [2.05, 4.69) is 0 Å². The van der Waals surface area contributed by atoms with Gasteiger partial charge in [-0.2, -0.15) is 0 Å². The number of hydrogen-bond donors (Lipinski definition) is 1. The largest absolute Gasteiger partial charge is 0.478 e. The smallest absolute Gasteiger partial charge is 0.335 e. The number of carboxylic acids is 1. The molecule has 0 unspecified atom stereocenters. The summed E-state index contributed by atoms with van der Waals surface area (Å²) in [4.78, 5) is 22.7. The molecule has 1 aromatic heterocycles. The molecule has 0 aliphatic heterocycles. The van der Waals surface area contributed by atoms with Gasteiger partial charge in [-0.1, -0.05) is 29.8 Å². The zero-order chi connectivity index (χ0) is 13.3. The maximum atomic E-state index is 11.7. The predicted octanol–water partition coefficient (Wildman–Crippen LogP) is 2.06. The second kappa shape index (κ2) is 4.49. The molecule has 1 heterocycles. The van der Waals surface area contributed by atoms with Gasteiger partial charge in [0.15, 0.2) is 0 Å². The van der Waals surface area contributed by atoms with Crippen LogP contribution in [0.5, 0.6) is 0 Å². The molecule has 0 aliphatic carbocycles. The molecule has 1 aromatic carbocycles. The number of carboxylic acid groups (broad SMARTS) is 1. The second-order valence-corrected chi connectivity index (χ2v) is 4.20. The lowest BCUT2D eigenvalue weighted by Crippen LogP contribution is -2.19. The molecular weight excluding hydrogens is 230 g/mol. The summed E-state index contributed by atoms with van der Waals surface area (Å²) in [7, 11) is 1.63. The predicted molar refractivity (Wildman–Crippen MR) is 68.8 cm³/mol. The number of aromatic nitrogens is 1. The van der Waals surface area contributed by atoms with Gasteiger partial charge in [-0.05, 0) is 18.6 Å². The lowest BCUT2D eigenvalue weighted by Gasteiger charge is -2.09. The first-order chi connectivity index (χ1) is 8.49. The van der Waals surface area contributed by atoms with E-state index < -0.39 is 5.97 Å². The van der Waals surface area contributed by atoms with Gasteiger partial charge in [0.05, 0.1) is 11.3 Å². The summed E-state index contributed by atoms with van der Waals surface area (Å²) in [5, 5.41) is 8.97. The van der Waals surface area contributed by atoms with Crippen LogP contribution in [0.15, 0.2) is 41.2 Å². The average Bonchev–Trinajstić information content (AvgIpc) is 2.33. The van der Waals surface area contributed by atoms with Gasteiger partial charge < -0.3 is 9.67 Å². The molecule has 0 amide bonds. The van der Waals surface area contributed by atoms with Crippen molar-refractivity contribution in [2.75, 3.05) is 0 Å². The van der Waals surface area contributed by atoms with Crippen molar-refractivity contribution in [3.63, 3.8) is 0 Å². The van der Waals surface area contributed by atoms with Crippen molar-refractivity contribution in [3.8, 4) is 11.3 Å². The Morgan fingerprint density at radius 3 is 2.33 bits per heavy atom. The summed E-state index contributed by atoms with van der Waals surface area (Å²) in [6, 6.07) is 10.2. The lowest BCUT2D eigenvalue weighted by molar-refractivity contribution is 0.0696. The molecule has 0 aliphatic rings. The van der Waals surface area contributed by atoms with Crippen molar-refractivity contribution >= 4 is 5.97 Å². The Kier molecular flexibility index (Phi) is 3.02. The summed E-state index contributed by atoms with van der Waals surface area (Å²) >= 11 is 0. The van der Waals surface area contributed by atoms with Gasteiger partial charge in [0, 0.05) is 13.1 Å². The first kappa shape index (κ1) is 12.1. The van der Waals surface area contributed by atoms with E-state index in [-0.39, 0.29) is 11.1 Å². The number of hydrogen-bond acceptors (Lipinski definition) is 2. The number of nitrogens with zero attached hydrogens (tertiary/aromatic N) is 1. The van der Waals surface area contributed by atoms with Gasteiger partial charge >= 0.3 is 5.97 Å². The van der Waals surface area contributed by atoms with Crippen molar-refractivity contribution < 1.29 is 9.90 Å². The van der Waals surface area contributed by atoms with Gasteiger partial charge in [-0.25, -0.2) is 4.79 Å². The van der Waals surface area contributed by atoms with Gasteiger partial charge in [0.1, 0.15) is 0 Å². The quantitative estimate of drug-likeness (QED) is 0.878. The Balaban J connectivity index is 2.66. The SMILES string of the molecule is Cc1ccc(-c2cc(C(=O)O)cc(=O)n2C)cc1. The summed E-state index contributed by atoms with van der Waals surface area (Å²) in [5.74, 6) is -1.10. The van der Waals surface area contributed by atoms with Gasteiger partial charge in [0.25, 0.3) is 5.56 Å². The van der Waals surface area contributed by atoms with E-state index in [1.807, 2.05) is 31.2 Å². The van der Waals surface area contributed by atoms with Crippen LogP contribution in [-0.4, -0.2) is 15.6 Å². The Hall–Kier alpha value is -2.36. The maximum absolute atomic E-state index is 11.7. The van der Waals surface area contributed by atoms with Crippen LogP contribution in [0.3, 0.4) is 0 Å². The standard InChI is InChI=1S/C14H13NO3/c1-9-3-5-10(6-4-9)12-7-11(14(17)18)8-13(16)15(12)2/h3-8H,1-2H3,(H,17,18). The van der Waals surface area contributed by atoms with Crippen molar-refractivity contribution in [3.05, 3.63) is 57.9 Å². The maximum Gasteiger partial charge on any atom is 0.335 e. The molecule has 0 radical (unpaired) electrons. The number of rotatable bonds is 2. The third kappa shape index (κ3) is 2.18. The van der Waals surface area contributed by atoms with Crippen LogP contribution in [-0.2, 0) is 7.05 Å². The van der Waals surface area contributed by atoms with E-state index >= 15 is 0 Å². The molecule has 0 atom stereocenters. The fourth-order valence-electron chi connectivity index (χ4n) is 1.76. The van der Waals surface area contributed by atoms with E-state index in [9.17, 15) is 9.59 Å². The van der Waals surface area contributed by atoms with Gasteiger partial charge in [-0.3, -0.25) is 4.79 Å². The van der Waals surface area contributed by atoms with Crippen LogP contribution in [0.1, 0.15) is 15.9 Å². The fraction of sp³-hybridized carbons (Fsp3) is 0.143. The second-order valence-electron chi connectivity index (χ2n) is 4.20. The number of aryl methyl sites for hydroxylation is 1. The first-order valence-electron chi connectivity index (χ1n) is 5.50. The number of benzene rings is 1. The average molecular weight is 243 g/mol. The summed E-state index contributed by atoms with van der Waals surface area (Å²) in [6.45, 7) is 1.97. The number of aromatic carboxylic acids is 1.